The topological polar surface area (TPSA) is 55.1 Å². The molecule has 2 aromatic rings. The van der Waals surface area contributed by atoms with Gasteiger partial charge in [-0.3, -0.25) is 4.79 Å². The fourth-order valence-electron chi connectivity index (χ4n) is 1.59. The Morgan fingerprint density at radius 1 is 1.24 bits per heavy atom. The number of halogens is 2. The van der Waals surface area contributed by atoms with Crippen LogP contribution in [0.1, 0.15) is 20.1 Å². The molecule has 0 unspecified atom stereocenters. The Morgan fingerprint density at radius 2 is 2.05 bits per heavy atom. The summed E-state index contributed by atoms with van der Waals surface area (Å²) in [6, 6.07) is 6.72. The third-order valence-corrected chi connectivity index (χ3v) is 3.58. The summed E-state index contributed by atoms with van der Waals surface area (Å²) in [6.07, 6.45) is 0. The fraction of sp³-hybridized carbons (Fsp3) is 0.133. The number of rotatable bonds is 3. The third kappa shape index (κ3) is 4.12. The molecular weight excluding hydrogens is 294 g/mol. The highest BCUT2D eigenvalue weighted by molar-refractivity contribution is 7.12. The minimum atomic E-state index is -1.04. The van der Waals surface area contributed by atoms with Crippen molar-refractivity contribution in [3.8, 4) is 11.8 Å². The smallest absolute Gasteiger partial charge is 0.251 e. The summed E-state index contributed by atoms with van der Waals surface area (Å²) in [7, 11) is 0. The van der Waals surface area contributed by atoms with Crippen LogP contribution in [0.5, 0.6) is 0 Å². The van der Waals surface area contributed by atoms with Gasteiger partial charge >= 0.3 is 0 Å². The Hall–Kier alpha value is -2.23. The van der Waals surface area contributed by atoms with Gasteiger partial charge in [-0.15, -0.1) is 11.3 Å². The molecule has 0 saturated heterocycles. The number of nitrogens with one attached hydrogen (secondary N) is 1. The Kier molecular flexibility index (Phi) is 5.04. The van der Waals surface area contributed by atoms with Crippen LogP contribution in [0, 0.1) is 23.5 Å². The first-order chi connectivity index (χ1) is 10.1. The molecule has 3 nitrogen and oxygen atoms in total. The number of carbonyl (C=O) groups is 1. The third-order valence-electron chi connectivity index (χ3n) is 2.58. The van der Waals surface area contributed by atoms with Crippen molar-refractivity contribution in [1.82, 2.24) is 5.32 Å². The molecule has 0 spiro atoms. The summed E-state index contributed by atoms with van der Waals surface area (Å²) in [5.41, 5.74) is 5.36. The van der Waals surface area contributed by atoms with E-state index in [0.29, 0.717) is 13.1 Å². The van der Waals surface area contributed by atoms with E-state index >= 15 is 0 Å². The van der Waals surface area contributed by atoms with Gasteiger partial charge in [0.2, 0.25) is 0 Å². The SMILES string of the molecule is NCC#Cc1ccc(CNC(=O)c2ccc(F)c(F)c2)s1. The van der Waals surface area contributed by atoms with Crippen LogP contribution in [0.25, 0.3) is 0 Å². The summed E-state index contributed by atoms with van der Waals surface area (Å²) in [6.45, 7) is 0.590. The number of hydrogen-bond donors (Lipinski definition) is 2. The lowest BCUT2D eigenvalue weighted by molar-refractivity contribution is 0.0950. The second kappa shape index (κ2) is 6.97. The second-order valence-corrected chi connectivity index (χ2v) is 5.25. The van der Waals surface area contributed by atoms with Crippen molar-refractivity contribution >= 4 is 17.2 Å². The van der Waals surface area contributed by atoms with Crippen LogP contribution in [0.3, 0.4) is 0 Å². The minimum Gasteiger partial charge on any atom is -0.347 e. The summed E-state index contributed by atoms with van der Waals surface area (Å²) in [4.78, 5) is 13.6. The van der Waals surface area contributed by atoms with E-state index in [0.717, 1.165) is 21.9 Å². The van der Waals surface area contributed by atoms with E-state index in [2.05, 4.69) is 17.2 Å². The molecule has 21 heavy (non-hydrogen) atoms. The van der Waals surface area contributed by atoms with Gasteiger partial charge in [0, 0.05) is 10.4 Å². The molecular formula is C15H12F2N2OS. The Balaban J connectivity index is 1.97. The number of amides is 1. The zero-order valence-corrected chi connectivity index (χ0v) is 11.8. The quantitative estimate of drug-likeness (QED) is 0.855. The van der Waals surface area contributed by atoms with Crippen LogP contribution < -0.4 is 11.1 Å². The van der Waals surface area contributed by atoms with E-state index in [9.17, 15) is 13.6 Å². The molecule has 1 aromatic carbocycles. The van der Waals surface area contributed by atoms with Gasteiger partial charge < -0.3 is 11.1 Å². The number of carbonyl (C=O) groups excluding carboxylic acids is 1. The van der Waals surface area contributed by atoms with Gasteiger partial charge in [0.05, 0.1) is 18.0 Å². The van der Waals surface area contributed by atoms with Crippen LogP contribution in [0.4, 0.5) is 8.78 Å². The first kappa shape index (κ1) is 15.2. The number of benzene rings is 1. The molecule has 0 saturated carbocycles. The molecule has 3 N–H and O–H groups in total. The van der Waals surface area contributed by atoms with E-state index in [4.69, 9.17) is 5.73 Å². The molecule has 1 aromatic heterocycles. The summed E-state index contributed by atoms with van der Waals surface area (Å²) >= 11 is 1.44. The van der Waals surface area contributed by atoms with Crippen molar-refractivity contribution in [2.24, 2.45) is 5.73 Å². The number of hydrogen-bond acceptors (Lipinski definition) is 3. The maximum atomic E-state index is 13.0. The Bertz CT molecular complexity index is 716. The molecule has 0 aliphatic rings. The summed E-state index contributed by atoms with van der Waals surface area (Å²) in [5, 5.41) is 2.64. The zero-order chi connectivity index (χ0) is 15.2. The lowest BCUT2D eigenvalue weighted by Gasteiger charge is -2.04. The van der Waals surface area contributed by atoms with Crippen LogP contribution in [-0.2, 0) is 6.54 Å². The molecule has 0 atom stereocenters. The molecule has 1 heterocycles. The average Bonchev–Trinajstić information content (AvgIpc) is 2.93. The van der Waals surface area contributed by atoms with Crippen LogP contribution >= 0.6 is 11.3 Å². The van der Waals surface area contributed by atoms with Crippen molar-refractivity contribution in [1.29, 1.82) is 0 Å². The van der Waals surface area contributed by atoms with Crippen molar-refractivity contribution < 1.29 is 13.6 Å². The minimum absolute atomic E-state index is 0.0774. The highest BCUT2D eigenvalue weighted by Crippen LogP contribution is 2.15. The maximum absolute atomic E-state index is 13.0. The van der Waals surface area contributed by atoms with Gasteiger partial charge in [0.15, 0.2) is 11.6 Å². The fourth-order valence-corrected chi connectivity index (χ4v) is 2.41. The highest BCUT2D eigenvalue weighted by Gasteiger charge is 2.09. The molecule has 6 heteroatoms. The number of thiophene rings is 1. The zero-order valence-electron chi connectivity index (χ0n) is 11.0. The maximum Gasteiger partial charge on any atom is 0.251 e. The molecule has 0 bridgehead atoms. The van der Waals surface area contributed by atoms with Crippen molar-refractivity contribution in [3.63, 3.8) is 0 Å². The van der Waals surface area contributed by atoms with Gasteiger partial charge in [-0.1, -0.05) is 11.8 Å². The molecule has 0 fully saturated rings. The first-order valence-corrected chi connectivity index (χ1v) is 6.92. The standard InChI is InChI=1S/C15H12F2N2OS/c16-13-6-3-10(8-14(13)17)15(20)19-9-12-5-4-11(21-12)2-1-7-18/h3-6,8H,7,9,18H2,(H,19,20). The lowest BCUT2D eigenvalue weighted by atomic mass is 10.2. The van der Waals surface area contributed by atoms with Crippen molar-refractivity contribution in [3.05, 3.63) is 57.3 Å². The second-order valence-electron chi connectivity index (χ2n) is 4.08. The Morgan fingerprint density at radius 3 is 2.76 bits per heavy atom. The molecule has 0 radical (unpaired) electrons. The van der Waals surface area contributed by atoms with Crippen LogP contribution in [-0.4, -0.2) is 12.5 Å². The lowest BCUT2D eigenvalue weighted by Crippen LogP contribution is -2.22. The van der Waals surface area contributed by atoms with E-state index in [1.807, 2.05) is 12.1 Å². The van der Waals surface area contributed by atoms with E-state index in [-0.39, 0.29) is 5.56 Å². The van der Waals surface area contributed by atoms with Crippen molar-refractivity contribution in [2.75, 3.05) is 6.54 Å². The predicted molar refractivity (Wildman–Crippen MR) is 77.8 cm³/mol. The van der Waals surface area contributed by atoms with Gasteiger partial charge in [-0.2, -0.15) is 0 Å². The van der Waals surface area contributed by atoms with Gasteiger partial charge in [0.1, 0.15) is 0 Å². The number of nitrogens with two attached hydrogens (primary N) is 1. The molecule has 0 aliphatic carbocycles. The molecule has 108 valence electrons. The molecule has 1 amide bonds. The van der Waals surface area contributed by atoms with Crippen LogP contribution in [0.2, 0.25) is 0 Å². The van der Waals surface area contributed by atoms with Gasteiger partial charge in [0.25, 0.3) is 5.91 Å². The normalized spacial score (nSPS) is 9.86. The largest absolute Gasteiger partial charge is 0.347 e. The molecule has 0 aliphatic heterocycles. The van der Waals surface area contributed by atoms with Crippen LogP contribution in [0.15, 0.2) is 30.3 Å². The Labute approximate surface area is 124 Å². The summed E-state index contributed by atoms with van der Waals surface area (Å²) in [5.74, 6) is 3.16. The van der Waals surface area contributed by atoms with Gasteiger partial charge in [-0.25, -0.2) is 8.78 Å². The summed E-state index contributed by atoms with van der Waals surface area (Å²) < 4.78 is 25.8. The predicted octanol–water partition coefficient (Wildman–Crippen LogP) is 2.27. The van der Waals surface area contributed by atoms with E-state index in [1.165, 1.54) is 17.4 Å². The van der Waals surface area contributed by atoms with E-state index < -0.39 is 17.5 Å². The van der Waals surface area contributed by atoms with Gasteiger partial charge in [-0.05, 0) is 30.3 Å². The van der Waals surface area contributed by atoms with E-state index in [1.54, 1.807) is 0 Å². The molecule has 2 rings (SSSR count). The monoisotopic (exact) mass is 306 g/mol. The highest BCUT2D eigenvalue weighted by atomic mass is 32.1. The van der Waals surface area contributed by atoms with Crippen molar-refractivity contribution in [2.45, 2.75) is 6.54 Å². The average molecular weight is 306 g/mol. The first-order valence-electron chi connectivity index (χ1n) is 6.11.